The van der Waals surface area contributed by atoms with Gasteiger partial charge in [-0.05, 0) is 31.4 Å². The van der Waals surface area contributed by atoms with Crippen LogP contribution < -0.4 is 15.8 Å². The fourth-order valence-corrected chi connectivity index (χ4v) is 2.71. The van der Waals surface area contributed by atoms with Gasteiger partial charge in [-0.3, -0.25) is 4.99 Å². The number of nitrogens with two attached hydrogens (primary N) is 1. The number of para-hydroxylation sites is 2. The Labute approximate surface area is 145 Å². The molecule has 0 radical (unpaired) electrons. The molecule has 1 fully saturated rings. The van der Waals surface area contributed by atoms with E-state index in [9.17, 15) is 13.2 Å². The molecule has 0 aliphatic heterocycles. The lowest BCUT2D eigenvalue weighted by Crippen LogP contribution is -2.25. The molecule has 25 heavy (non-hydrogen) atoms. The minimum atomic E-state index is -4.76. The van der Waals surface area contributed by atoms with Crippen LogP contribution in [0.2, 0.25) is 0 Å². The molecule has 0 unspecified atom stereocenters. The highest BCUT2D eigenvalue weighted by Crippen LogP contribution is 2.29. The van der Waals surface area contributed by atoms with E-state index >= 15 is 0 Å². The van der Waals surface area contributed by atoms with E-state index in [1.807, 2.05) is 0 Å². The summed E-state index contributed by atoms with van der Waals surface area (Å²) < 4.78 is 46.9. The van der Waals surface area contributed by atoms with Crippen molar-refractivity contribution in [2.75, 3.05) is 18.5 Å². The molecule has 1 aliphatic carbocycles. The lowest BCUT2D eigenvalue weighted by Gasteiger charge is -2.21. The maximum absolute atomic E-state index is 12.4. The van der Waals surface area contributed by atoms with Crippen LogP contribution >= 0.6 is 0 Å². The first-order chi connectivity index (χ1) is 11.9. The van der Waals surface area contributed by atoms with Crippen LogP contribution in [0.3, 0.4) is 0 Å². The molecular formula is C17H24F3N3O2. The number of hydrogen-bond donors (Lipinski definition) is 2. The zero-order chi connectivity index (χ0) is 18.1. The summed E-state index contributed by atoms with van der Waals surface area (Å²) in [6, 6.07) is 5.68. The van der Waals surface area contributed by atoms with Crippen molar-refractivity contribution in [2.24, 2.45) is 10.7 Å². The standard InChI is InChI=1S/C17H24F3N3O2/c18-17(19,20)25-15-10-5-4-9-14(15)23-16(21)22-11-6-12-24-13-7-2-1-3-8-13/h4-5,9-10,13H,1-3,6-8,11-12H2,(H3,21,22,23). The number of nitrogens with one attached hydrogen (secondary N) is 1. The maximum atomic E-state index is 12.4. The van der Waals surface area contributed by atoms with Crippen LogP contribution in [0.5, 0.6) is 5.75 Å². The van der Waals surface area contributed by atoms with Gasteiger partial charge < -0.3 is 20.5 Å². The summed E-state index contributed by atoms with van der Waals surface area (Å²) >= 11 is 0. The quantitative estimate of drug-likeness (QED) is 0.438. The summed E-state index contributed by atoms with van der Waals surface area (Å²) in [5.74, 6) is -0.315. The Kier molecular flexibility index (Phi) is 7.36. The fourth-order valence-electron chi connectivity index (χ4n) is 2.71. The van der Waals surface area contributed by atoms with E-state index in [2.05, 4.69) is 15.0 Å². The number of benzene rings is 1. The molecule has 1 aliphatic rings. The second-order valence-corrected chi connectivity index (χ2v) is 5.92. The zero-order valence-corrected chi connectivity index (χ0v) is 14.0. The van der Waals surface area contributed by atoms with Crippen LogP contribution in [0.1, 0.15) is 38.5 Å². The molecule has 8 heteroatoms. The maximum Gasteiger partial charge on any atom is 0.573 e. The lowest BCUT2D eigenvalue weighted by molar-refractivity contribution is -0.274. The number of aliphatic imine (C=N–C) groups is 1. The summed E-state index contributed by atoms with van der Waals surface area (Å²) in [5.41, 5.74) is 5.84. The molecule has 1 saturated carbocycles. The van der Waals surface area contributed by atoms with Crippen molar-refractivity contribution in [3.05, 3.63) is 24.3 Å². The van der Waals surface area contributed by atoms with E-state index in [0.717, 1.165) is 12.8 Å². The number of alkyl halides is 3. The zero-order valence-electron chi connectivity index (χ0n) is 14.0. The topological polar surface area (TPSA) is 68.9 Å². The third-order valence-corrected chi connectivity index (χ3v) is 3.87. The van der Waals surface area contributed by atoms with E-state index in [1.54, 1.807) is 6.07 Å². The van der Waals surface area contributed by atoms with Gasteiger partial charge in [0.05, 0.1) is 11.8 Å². The van der Waals surface area contributed by atoms with Crippen LogP contribution in [-0.4, -0.2) is 31.6 Å². The molecule has 140 valence electrons. The number of halogens is 3. The first kappa shape index (κ1) is 19.4. The molecule has 1 aromatic carbocycles. The summed E-state index contributed by atoms with van der Waals surface area (Å²) in [6.45, 7) is 1.04. The second kappa shape index (κ2) is 9.50. The molecule has 0 atom stereocenters. The second-order valence-electron chi connectivity index (χ2n) is 5.92. The minimum absolute atomic E-state index is 0.0379. The van der Waals surface area contributed by atoms with Gasteiger partial charge in [0.2, 0.25) is 0 Å². The van der Waals surface area contributed by atoms with Crippen molar-refractivity contribution in [1.82, 2.24) is 0 Å². The Morgan fingerprint density at radius 3 is 2.64 bits per heavy atom. The summed E-state index contributed by atoms with van der Waals surface area (Å²) in [5, 5.41) is 2.64. The normalized spacial score (nSPS) is 16.7. The van der Waals surface area contributed by atoms with Crippen molar-refractivity contribution in [1.29, 1.82) is 0 Å². The summed E-state index contributed by atoms with van der Waals surface area (Å²) in [7, 11) is 0. The molecule has 0 heterocycles. The average molecular weight is 359 g/mol. The fraction of sp³-hybridized carbons (Fsp3) is 0.588. The monoisotopic (exact) mass is 359 g/mol. The lowest BCUT2D eigenvalue weighted by atomic mass is 9.98. The number of anilines is 1. The molecule has 2 rings (SSSR count). The average Bonchev–Trinajstić information content (AvgIpc) is 2.56. The molecule has 0 bridgehead atoms. The minimum Gasteiger partial charge on any atom is -0.404 e. The third kappa shape index (κ3) is 7.64. The van der Waals surface area contributed by atoms with Gasteiger partial charge in [0.1, 0.15) is 0 Å². The SMILES string of the molecule is NC(=NCCCOC1CCCCC1)Nc1ccccc1OC(F)(F)F. The summed E-state index contributed by atoms with van der Waals surface area (Å²) in [4.78, 5) is 4.11. The van der Waals surface area contributed by atoms with Crippen molar-refractivity contribution in [3.63, 3.8) is 0 Å². The highest BCUT2D eigenvalue weighted by molar-refractivity contribution is 5.93. The molecule has 0 spiro atoms. The third-order valence-electron chi connectivity index (χ3n) is 3.87. The molecule has 0 saturated heterocycles. The van der Waals surface area contributed by atoms with Gasteiger partial charge in [-0.2, -0.15) is 0 Å². The van der Waals surface area contributed by atoms with Crippen molar-refractivity contribution in [2.45, 2.75) is 51.0 Å². The molecule has 3 N–H and O–H groups in total. The van der Waals surface area contributed by atoms with Gasteiger partial charge in [-0.1, -0.05) is 31.4 Å². The van der Waals surface area contributed by atoms with Gasteiger partial charge >= 0.3 is 6.36 Å². The van der Waals surface area contributed by atoms with Gasteiger partial charge in [0.25, 0.3) is 0 Å². The first-order valence-corrected chi connectivity index (χ1v) is 8.47. The molecule has 5 nitrogen and oxygen atoms in total. The molecule has 0 aromatic heterocycles. The van der Waals surface area contributed by atoms with Crippen molar-refractivity contribution >= 4 is 11.6 Å². The van der Waals surface area contributed by atoms with Crippen LogP contribution in [0, 0.1) is 0 Å². The smallest absolute Gasteiger partial charge is 0.404 e. The number of nitrogens with zero attached hydrogens (tertiary/aromatic N) is 1. The Bertz CT molecular complexity index is 558. The van der Waals surface area contributed by atoms with E-state index in [1.165, 1.54) is 37.5 Å². The van der Waals surface area contributed by atoms with Crippen LogP contribution in [0.25, 0.3) is 0 Å². The summed E-state index contributed by atoms with van der Waals surface area (Å²) in [6.07, 6.45) is 2.25. The van der Waals surface area contributed by atoms with E-state index in [4.69, 9.17) is 10.5 Å². The first-order valence-electron chi connectivity index (χ1n) is 8.47. The number of rotatable bonds is 7. The van der Waals surface area contributed by atoms with E-state index in [-0.39, 0.29) is 17.4 Å². The predicted octanol–water partition coefficient (Wildman–Crippen LogP) is 4.05. The van der Waals surface area contributed by atoms with E-state index < -0.39 is 6.36 Å². The Morgan fingerprint density at radius 1 is 1.20 bits per heavy atom. The molecular weight excluding hydrogens is 335 g/mol. The van der Waals surface area contributed by atoms with Gasteiger partial charge in [0.15, 0.2) is 11.7 Å². The Hall–Kier alpha value is -1.96. The largest absolute Gasteiger partial charge is 0.573 e. The van der Waals surface area contributed by atoms with Crippen molar-refractivity contribution < 1.29 is 22.6 Å². The van der Waals surface area contributed by atoms with E-state index in [0.29, 0.717) is 25.7 Å². The van der Waals surface area contributed by atoms with Crippen molar-refractivity contribution in [3.8, 4) is 5.75 Å². The predicted molar refractivity (Wildman–Crippen MR) is 90.7 cm³/mol. The molecule has 1 aromatic rings. The van der Waals surface area contributed by atoms with Crippen LogP contribution in [0.15, 0.2) is 29.3 Å². The van der Waals surface area contributed by atoms with Gasteiger partial charge in [-0.15, -0.1) is 13.2 Å². The Balaban J connectivity index is 1.75. The number of ether oxygens (including phenoxy) is 2. The Morgan fingerprint density at radius 2 is 1.92 bits per heavy atom. The van der Waals surface area contributed by atoms with Gasteiger partial charge in [-0.25, -0.2) is 0 Å². The number of hydrogen-bond acceptors (Lipinski definition) is 3. The highest BCUT2D eigenvalue weighted by Gasteiger charge is 2.32. The highest BCUT2D eigenvalue weighted by atomic mass is 19.4. The van der Waals surface area contributed by atoms with Crippen LogP contribution in [-0.2, 0) is 4.74 Å². The van der Waals surface area contributed by atoms with Gasteiger partial charge in [0, 0.05) is 13.2 Å². The number of guanidine groups is 1. The van der Waals surface area contributed by atoms with Crippen LogP contribution in [0.4, 0.5) is 18.9 Å². The molecule has 0 amide bonds.